The molecule has 2 aromatic rings. The number of non-ortho nitro benzene ring substituents is 1. The second-order valence-corrected chi connectivity index (χ2v) is 10.7. The number of thiophene rings is 1. The molecule has 0 bridgehead atoms. The van der Waals surface area contributed by atoms with Crippen LogP contribution in [0.2, 0.25) is 0 Å². The first-order valence-electron chi connectivity index (χ1n) is 11.7. The molecule has 1 aliphatic heterocycles. The summed E-state index contributed by atoms with van der Waals surface area (Å²) < 4.78 is 10.6. The SMILES string of the molecule is CCOC(=O)Cc1cc2c(s1)CCN(C(=O)[C@H](C)N(C(=O)OC(C)(C)C)c1ccc([N+](=O)[O-])cc1)C2. The van der Waals surface area contributed by atoms with Crippen LogP contribution in [0.15, 0.2) is 30.3 Å². The minimum Gasteiger partial charge on any atom is -0.466 e. The Labute approximate surface area is 213 Å². The zero-order chi connectivity index (χ0) is 26.6. The summed E-state index contributed by atoms with van der Waals surface area (Å²) in [5, 5.41) is 11.1. The molecule has 1 aromatic carbocycles. The first-order valence-corrected chi connectivity index (χ1v) is 12.5. The monoisotopic (exact) mass is 517 g/mol. The molecule has 2 amide bonds. The number of hydrogen-bond donors (Lipinski definition) is 0. The van der Waals surface area contributed by atoms with Gasteiger partial charge in [-0.15, -0.1) is 11.3 Å². The highest BCUT2D eigenvalue weighted by molar-refractivity contribution is 7.12. The maximum Gasteiger partial charge on any atom is 0.415 e. The minimum atomic E-state index is -0.916. The van der Waals surface area contributed by atoms with Gasteiger partial charge in [0, 0.05) is 40.7 Å². The van der Waals surface area contributed by atoms with Crippen molar-refractivity contribution in [3.05, 3.63) is 55.8 Å². The molecular formula is C25H31N3O7S. The van der Waals surface area contributed by atoms with E-state index in [0.29, 0.717) is 31.8 Å². The van der Waals surface area contributed by atoms with Gasteiger partial charge in [0.25, 0.3) is 5.69 Å². The van der Waals surface area contributed by atoms with Crippen LogP contribution in [0.4, 0.5) is 16.2 Å². The van der Waals surface area contributed by atoms with Gasteiger partial charge < -0.3 is 14.4 Å². The summed E-state index contributed by atoms with van der Waals surface area (Å²) in [6, 6.07) is 6.45. The molecule has 0 unspecified atom stereocenters. The first kappa shape index (κ1) is 27.1. The molecule has 0 fully saturated rings. The van der Waals surface area contributed by atoms with E-state index in [1.165, 1.54) is 29.2 Å². The quantitative estimate of drug-likeness (QED) is 0.302. The number of esters is 1. The number of anilines is 1. The lowest BCUT2D eigenvalue weighted by Gasteiger charge is -2.35. The van der Waals surface area contributed by atoms with Gasteiger partial charge in [-0.05, 0) is 64.8 Å². The summed E-state index contributed by atoms with van der Waals surface area (Å²) in [5.74, 6) is -0.559. The number of fused-ring (bicyclic) bond motifs is 1. The van der Waals surface area contributed by atoms with E-state index >= 15 is 0 Å². The molecule has 0 N–H and O–H groups in total. The largest absolute Gasteiger partial charge is 0.466 e. The van der Waals surface area contributed by atoms with Crippen molar-refractivity contribution in [2.75, 3.05) is 18.1 Å². The van der Waals surface area contributed by atoms with Crippen LogP contribution < -0.4 is 4.90 Å². The lowest BCUT2D eigenvalue weighted by Crippen LogP contribution is -2.51. The van der Waals surface area contributed by atoms with Crippen LogP contribution in [0.1, 0.15) is 49.9 Å². The van der Waals surface area contributed by atoms with Crippen molar-refractivity contribution in [2.24, 2.45) is 0 Å². The van der Waals surface area contributed by atoms with Crippen molar-refractivity contribution in [1.29, 1.82) is 0 Å². The number of nitro benzene ring substituents is 1. The number of nitro groups is 1. The van der Waals surface area contributed by atoms with E-state index < -0.39 is 22.7 Å². The maximum atomic E-state index is 13.5. The highest BCUT2D eigenvalue weighted by Gasteiger charge is 2.35. The zero-order valence-electron chi connectivity index (χ0n) is 21.1. The van der Waals surface area contributed by atoms with Crippen molar-refractivity contribution in [2.45, 2.75) is 65.6 Å². The Morgan fingerprint density at radius 1 is 1.22 bits per heavy atom. The van der Waals surface area contributed by atoms with E-state index in [2.05, 4.69) is 0 Å². The lowest BCUT2D eigenvalue weighted by atomic mass is 10.1. The van der Waals surface area contributed by atoms with E-state index in [1.807, 2.05) is 6.07 Å². The van der Waals surface area contributed by atoms with Gasteiger partial charge in [-0.3, -0.25) is 24.6 Å². The summed E-state index contributed by atoms with van der Waals surface area (Å²) in [4.78, 5) is 54.0. The number of rotatable bonds is 7. The van der Waals surface area contributed by atoms with Crippen LogP contribution in [-0.2, 0) is 38.4 Å². The molecule has 2 heterocycles. The molecule has 194 valence electrons. The topological polar surface area (TPSA) is 119 Å². The van der Waals surface area contributed by atoms with Crippen LogP contribution in [-0.4, -0.2) is 52.6 Å². The molecule has 36 heavy (non-hydrogen) atoms. The Balaban J connectivity index is 1.81. The number of amides is 2. The summed E-state index contributed by atoms with van der Waals surface area (Å²) in [6.07, 6.45) is 0.121. The lowest BCUT2D eigenvalue weighted by molar-refractivity contribution is -0.384. The zero-order valence-corrected chi connectivity index (χ0v) is 21.9. The summed E-state index contributed by atoms with van der Waals surface area (Å²) in [5.41, 5.74) is 0.373. The molecule has 11 heteroatoms. The van der Waals surface area contributed by atoms with E-state index in [-0.39, 0.29) is 24.0 Å². The molecule has 3 rings (SSSR count). The third kappa shape index (κ3) is 6.60. The van der Waals surface area contributed by atoms with Crippen molar-refractivity contribution in [3.63, 3.8) is 0 Å². The fourth-order valence-electron chi connectivity index (χ4n) is 3.93. The smallest absolute Gasteiger partial charge is 0.415 e. The third-order valence-electron chi connectivity index (χ3n) is 5.53. The van der Waals surface area contributed by atoms with Crippen molar-refractivity contribution < 1.29 is 28.8 Å². The molecule has 0 saturated heterocycles. The predicted octanol–water partition coefficient (Wildman–Crippen LogP) is 4.48. The molecule has 1 aromatic heterocycles. The summed E-state index contributed by atoms with van der Waals surface area (Å²) in [6.45, 7) is 9.71. The molecular weight excluding hydrogens is 486 g/mol. The normalized spacial score (nSPS) is 14.0. The average Bonchev–Trinajstić information content (AvgIpc) is 3.19. The average molecular weight is 518 g/mol. The van der Waals surface area contributed by atoms with Crippen LogP contribution in [0.3, 0.4) is 0 Å². The van der Waals surface area contributed by atoms with Gasteiger partial charge in [0.05, 0.1) is 18.0 Å². The third-order valence-corrected chi connectivity index (χ3v) is 6.76. The molecule has 0 spiro atoms. The maximum absolute atomic E-state index is 13.5. The van der Waals surface area contributed by atoms with Gasteiger partial charge in [0.1, 0.15) is 11.6 Å². The van der Waals surface area contributed by atoms with E-state index in [1.54, 1.807) is 50.9 Å². The van der Waals surface area contributed by atoms with Crippen molar-refractivity contribution >= 4 is 40.7 Å². The summed E-state index contributed by atoms with van der Waals surface area (Å²) >= 11 is 1.55. The molecule has 0 saturated carbocycles. The number of carbonyl (C=O) groups is 3. The van der Waals surface area contributed by atoms with Gasteiger partial charge in [-0.25, -0.2) is 4.79 Å². The van der Waals surface area contributed by atoms with E-state index in [0.717, 1.165) is 15.3 Å². The number of hydrogen-bond acceptors (Lipinski definition) is 8. The Bertz CT molecular complexity index is 1140. The van der Waals surface area contributed by atoms with Gasteiger partial charge in [-0.2, -0.15) is 0 Å². The minimum absolute atomic E-state index is 0.124. The van der Waals surface area contributed by atoms with Crippen molar-refractivity contribution in [3.8, 4) is 0 Å². The van der Waals surface area contributed by atoms with Crippen LogP contribution >= 0.6 is 11.3 Å². The molecule has 1 aliphatic rings. The van der Waals surface area contributed by atoms with Crippen LogP contribution in [0.25, 0.3) is 0 Å². The van der Waals surface area contributed by atoms with Gasteiger partial charge >= 0.3 is 12.1 Å². The number of nitrogens with zero attached hydrogens (tertiary/aromatic N) is 3. The van der Waals surface area contributed by atoms with Crippen LogP contribution in [0, 0.1) is 10.1 Å². The van der Waals surface area contributed by atoms with Gasteiger partial charge in [0.15, 0.2) is 0 Å². The second kappa shape index (κ2) is 11.1. The predicted molar refractivity (Wildman–Crippen MR) is 135 cm³/mol. The van der Waals surface area contributed by atoms with Crippen molar-refractivity contribution in [1.82, 2.24) is 4.90 Å². The Morgan fingerprint density at radius 3 is 2.47 bits per heavy atom. The highest BCUT2D eigenvalue weighted by atomic mass is 32.1. The van der Waals surface area contributed by atoms with Gasteiger partial charge in [-0.1, -0.05) is 0 Å². The number of carbonyl (C=O) groups excluding carboxylic acids is 3. The standard InChI is InChI=1S/C25H31N3O7S/c1-6-34-22(29)14-20-13-17-15-26(12-11-21(17)36-20)23(30)16(2)27(24(31)35-25(3,4)5)18-7-9-19(10-8-18)28(32)33/h7-10,13,16H,6,11-12,14-15H2,1-5H3/t16-/m0/s1. The first-order chi connectivity index (χ1) is 16.9. The molecule has 0 radical (unpaired) electrons. The van der Waals surface area contributed by atoms with Gasteiger partial charge in [0.2, 0.25) is 5.91 Å². The Morgan fingerprint density at radius 2 is 1.89 bits per heavy atom. The Kier molecular flexibility index (Phi) is 8.34. The fourth-order valence-corrected chi connectivity index (χ4v) is 5.09. The molecule has 0 aliphatic carbocycles. The fraction of sp³-hybridized carbons (Fsp3) is 0.480. The molecule has 10 nitrogen and oxygen atoms in total. The number of ether oxygens (including phenoxy) is 2. The second-order valence-electron chi connectivity index (χ2n) is 9.45. The van der Waals surface area contributed by atoms with E-state index in [4.69, 9.17) is 9.47 Å². The highest BCUT2D eigenvalue weighted by Crippen LogP contribution is 2.30. The number of benzene rings is 1. The molecule has 1 atom stereocenters. The summed E-state index contributed by atoms with van der Waals surface area (Å²) in [7, 11) is 0. The van der Waals surface area contributed by atoms with Crippen LogP contribution in [0.5, 0.6) is 0 Å². The Hall–Kier alpha value is -3.47. The van der Waals surface area contributed by atoms with E-state index in [9.17, 15) is 24.5 Å².